The van der Waals surface area contributed by atoms with Crippen LogP contribution in [0.4, 0.5) is 10.1 Å². The van der Waals surface area contributed by atoms with E-state index in [0.717, 1.165) is 6.42 Å². The van der Waals surface area contributed by atoms with Crippen molar-refractivity contribution in [3.63, 3.8) is 0 Å². The zero-order valence-electron chi connectivity index (χ0n) is 11.3. The van der Waals surface area contributed by atoms with Crippen LogP contribution in [0.1, 0.15) is 5.56 Å². The van der Waals surface area contributed by atoms with Gasteiger partial charge < -0.3 is 5.73 Å². The van der Waals surface area contributed by atoms with Crippen molar-refractivity contribution in [3.8, 4) is 11.4 Å². The Morgan fingerprint density at radius 1 is 1.10 bits per heavy atom. The summed E-state index contributed by atoms with van der Waals surface area (Å²) in [5, 5.41) is 11.7. The lowest BCUT2D eigenvalue weighted by Gasteiger charge is -2.07. The van der Waals surface area contributed by atoms with E-state index in [2.05, 4.69) is 27.7 Å². The van der Waals surface area contributed by atoms with Crippen LogP contribution in [0.5, 0.6) is 0 Å². The first-order valence-corrected chi connectivity index (χ1v) is 6.59. The number of anilines is 1. The van der Waals surface area contributed by atoms with Crippen LogP contribution in [-0.4, -0.2) is 20.2 Å². The second-order valence-corrected chi connectivity index (χ2v) is 4.69. The number of nitrogen functional groups attached to an aromatic ring is 1. The molecule has 3 rings (SSSR count). The van der Waals surface area contributed by atoms with Gasteiger partial charge in [-0.25, -0.2) is 9.07 Å². The van der Waals surface area contributed by atoms with E-state index in [1.165, 1.54) is 17.7 Å². The molecule has 0 amide bonds. The number of nitrogens with two attached hydrogens (primary N) is 1. The van der Waals surface area contributed by atoms with Gasteiger partial charge in [0.15, 0.2) is 5.82 Å². The van der Waals surface area contributed by atoms with Crippen LogP contribution in [0.3, 0.4) is 0 Å². The molecule has 106 valence electrons. The highest BCUT2D eigenvalue weighted by Crippen LogP contribution is 2.24. The van der Waals surface area contributed by atoms with Crippen LogP contribution in [0.25, 0.3) is 11.4 Å². The van der Waals surface area contributed by atoms with Crippen molar-refractivity contribution >= 4 is 5.69 Å². The molecular formula is C15H14FN5. The van der Waals surface area contributed by atoms with E-state index < -0.39 is 0 Å². The number of aryl methyl sites for hydroxylation is 2. The van der Waals surface area contributed by atoms with Gasteiger partial charge in [0, 0.05) is 17.8 Å². The Kier molecular flexibility index (Phi) is 3.59. The first-order valence-electron chi connectivity index (χ1n) is 6.59. The fraction of sp³-hybridized carbons (Fsp3) is 0.133. The molecule has 0 radical (unpaired) electrons. The molecule has 0 atom stereocenters. The SMILES string of the molecule is Nc1cc(F)ccc1-c1nnnn1CCc1ccccc1. The zero-order valence-corrected chi connectivity index (χ0v) is 11.3. The predicted octanol–water partition coefficient (Wildman–Crippen LogP) is 2.30. The Hall–Kier alpha value is -2.76. The Labute approximate surface area is 121 Å². The largest absolute Gasteiger partial charge is 0.398 e. The molecule has 0 fully saturated rings. The molecule has 2 N–H and O–H groups in total. The van der Waals surface area contributed by atoms with Gasteiger partial charge in [-0.1, -0.05) is 30.3 Å². The van der Waals surface area contributed by atoms with E-state index in [0.29, 0.717) is 23.6 Å². The molecule has 2 aromatic carbocycles. The Balaban J connectivity index is 1.84. The van der Waals surface area contributed by atoms with Gasteiger partial charge >= 0.3 is 0 Å². The molecule has 0 saturated carbocycles. The summed E-state index contributed by atoms with van der Waals surface area (Å²) in [5.41, 5.74) is 8.00. The lowest BCUT2D eigenvalue weighted by Crippen LogP contribution is -2.06. The average Bonchev–Trinajstić information content (AvgIpc) is 2.94. The highest BCUT2D eigenvalue weighted by atomic mass is 19.1. The highest BCUT2D eigenvalue weighted by molar-refractivity contribution is 5.71. The molecule has 1 heterocycles. The zero-order chi connectivity index (χ0) is 14.7. The van der Waals surface area contributed by atoms with Gasteiger partial charge in [-0.2, -0.15) is 0 Å². The van der Waals surface area contributed by atoms with Gasteiger partial charge in [0.05, 0.1) is 0 Å². The Morgan fingerprint density at radius 2 is 1.90 bits per heavy atom. The number of tetrazole rings is 1. The summed E-state index contributed by atoms with van der Waals surface area (Å²) in [6.07, 6.45) is 0.806. The van der Waals surface area contributed by atoms with Crippen molar-refractivity contribution < 1.29 is 4.39 Å². The number of hydrogen-bond donors (Lipinski definition) is 1. The van der Waals surface area contributed by atoms with Crippen LogP contribution >= 0.6 is 0 Å². The van der Waals surface area contributed by atoms with Gasteiger partial charge in [0.1, 0.15) is 5.82 Å². The summed E-state index contributed by atoms with van der Waals surface area (Å²) in [5.74, 6) is 0.169. The van der Waals surface area contributed by atoms with Crippen molar-refractivity contribution in [2.45, 2.75) is 13.0 Å². The quantitative estimate of drug-likeness (QED) is 0.746. The van der Waals surface area contributed by atoms with Crippen LogP contribution in [0.2, 0.25) is 0 Å². The second kappa shape index (κ2) is 5.70. The minimum atomic E-state index is -0.375. The van der Waals surface area contributed by atoms with Crippen molar-refractivity contribution in [1.29, 1.82) is 0 Å². The lowest BCUT2D eigenvalue weighted by atomic mass is 10.1. The number of nitrogens with zero attached hydrogens (tertiary/aromatic N) is 4. The number of halogens is 1. The molecule has 0 aliphatic rings. The number of rotatable bonds is 4. The maximum atomic E-state index is 13.1. The van der Waals surface area contributed by atoms with Crippen molar-refractivity contribution in [3.05, 3.63) is 59.9 Å². The highest BCUT2D eigenvalue weighted by Gasteiger charge is 2.12. The number of hydrogen-bond acceptors (Lipinski definition) is 4. The Morgan fingerprint density at radius 3 is 2.67 bits per heavy atom. The van der Waals surface area contributed by atoms with Gasteiger partial charge in [0.2, 0.25) is 0 Å². The average molecular weight is 283 g/mol. The Bertz CT molecular complexity index is 739. The summed E-state index contributed by atoms with van der Waals surface area (Å²) >= 11 is 0. The third-order valence-electron chi connectivity index (χ3n) is 3.24. The van der Waals surface area contributed by atoms with Gasteiger partial charge in [0.25, 0.3) is 0 Å². The molecule has 0 aliphatic carbocycles. The molecular weight excluding hydrogens is 269 g/mol. The predicted molar refractivity (Wildman–Crippen MR) is 77.8 cm³/mol. The van der Waals surface area contributed by atoms with E-state index in [-0.39, 0.29) is 5.82 Å². The molecule has 21 heavy (non-hydrogen) atoms. The fourth-order valence-corrected chi connectivity index (χ4v) is 2.17. The monoisotopic (exact) mass is 283 g/mol. The summed E-state index contributed by atoms with van der Waals surface area (Å²) in [4.78, 5) is 0. The van der Waals surface area contributed by atoms with Gasteiger partial charge in [-0.05, 0) is 40.6 Å². The van der Waals surface area contributed by atoms with Crippen molar-refractivity contribution in [1.82, 2.24) is 20.2 Å². The van der Waals surface area contributed by atoms with Crippen LogP contribution in [-0.2, 0) is 13.0 Å². The van der Waals surface area contributed by atoms with E-state index in [1.54, 1.807) is 10.7 Å². The third kappa shape index (κ3) is 2.89. The van der Waals surface area contributed by atoms with Gasteiger partial charge in [-0.3, -0.25) is 0 Å². The van der Waals surface area contributed by atoms with Crippen molar-refractivity contribution in [2.24, 2.45) is 0 Å². The topological polar surface area (TPSA) is 69.6 Å². The smallest absolute Gasteiger partial charge is 0.184 e. The first kappa shape index (κ1) is 13.2. The molecule has 0 bridgehead atoms. The molecule has 5 nitrogen and oxygen atoms in total. The number of benzene rings is 2. The van der Waals surface area contributed by atoms with Crippen LogP contribution < -0.4 is 5.73 Å². The summed E-state index contributed by atoms with van der Waals surface area (Å²) in [6, 6.07) is 14.3. The summed E-state index contributed by atoms with van der Waals surface area (Å²) < 4.78 is 14.8. The number of aromatic nitrogens is 4. The summed E-state index contributed by atoms with van der Waals surface area (Å²) in [6.45, 7) is 0.628. The van der Waals surface area contributed by atoms with E-state index in [1.807, 2.05) is 18.2 Å². The molecule has 0 unspecified atom stereocenters. The molecule has 6 heteroatoms. The lowest BCUT2D eigenvalue weighted by molar-refractivity contribution is 0.593. The minimum Gasteiger partial charge on any atom is -0.398 e. The third-order valence-corrected chi connectivity index (χ3v) is 3.24. The van der Waals surface area contributed by atoms with Crippen molar-refractivity contribution in [2.75, 3.05) is 5.73 Å². The second-order valence-electron chi connectivity index (χ2n) is 4.69. The molecule has 0 spiro atoms. The molecule has 1 aromatic heterocycles. The normalized spacial score (nSPS) is 10.7. The van der Waals surface area contributed by atoms with E-state index in [4.69, 9.17) is 5.73 Å². The van der Waals surface area contributed by atoms with E-state index >= 15 is 0 Å². The molecule has 0 saturated heterocycles. The first-order chi connectivity index (χ1) is 10.2. The maximum Gasteiger partial charge on any atom is 0.184 e. The molecule has 3 aromatic rings. The standard InChI is InChI=1S/C15H14FN5/c16-12-6-7-13(14(17)10-12)15-18-19-20-21(15)9-8-11-4-2-1-3-5-11/h1-7,10H,8-9,17H2. The maximum absolute atomic E-state index is 13.1. The summed E-state index contributed by atoms with van der Waals surface area (Å²) in [7, 11) is 0. The minimum absolute atomic E-state index is 0.325. The van der Waals surface area contributed by atoms with Crippen LogP contribution in [0.15, 0.2) is 48.5 Å². The van der Waals surface area contributed by atoms with Gasteiger partial charge in [-0.15, -0.1) is 5.10 Å². The van der Waals surface area contributed by atoms with E-state index in [9.17, 15) is 4.39 Å². The van der Waals surface area contributed by atoms with Crippen LogP contribution in [0, 0.1) is 5.82 Å². The molecule has 0 aliphatic heterocycles. The fourth-order valence-electron chi connectivity index (χ4n) is 2.17.